The van der Waals surface area contributed by atoms with Crippen LogP contribution in [0.25, 0.3) is 0 Å². The van der Waals surface area contributed by atoms with Crippen molar-refractivity contribution in [1.82, 2.24) is 0 Å². The minimum absolute atomic E-state index is 0.524. The highest BCUT2D eigenvalue weighted by Gasteiger charge is 2.20. The van der Waals surface area contributed by atoms with Gasteiger partial charge in [0.25, 0.3) is 0 Å². The van der Waals surface area contributed by atoms with E-state index in [-0.39, 0.29) is 0 Å². The van der Waals surface area contributed by atoms with Crippen LogP contribution in [0.4, 0.5) is 0 Å². The fourth-order valence-electron chi connectivity index (χ4n) is 1.60. The first kappa shape index (κ1) is 18.5. The molecule has 3 nitrogen and oxygen atoms in total. The topological polar surface area (TPSA) is 27.7 Å². The lowest BCUT2D eigenvalue weighted by molar-refractivity contribution is 0.168. The Morgan fingerprint density at radius 2 is 1.70 bits per heavy atom. The summed E-state index contributed by atoms with van der Waals surface area (Å²) in [5.41, 5.74) is 0. The lowest BCUT2D eigenvalue weighted by atomic mass is 10.4. The van der Waals surface area contributed by atoms with E-state index in [4.69, 9.17) is 25.4 Å². The van der Waals surface area contributed by atoms with Crippen molar-refractivity contribution in [3.63, 3.8) is 0 Å². The third-order valence-electron chi connectivity index (χ3n) is 2.57. The first-order valence-corrected chi connectivity index (χ1v) is 13.8. The summed E-state index contributed by atoms with van der Waals surface area (Å²) >= 11 is 7.23. The summed E-state index contributed by atoms with van der Waals surface area (Å²) < 4.78 is 18.2. The molecule has 0 bridgehead atoms. The minimum Gasteiger partial charge on any atom is -0.309 e. The Morgan fingerprint density at radius 3 is 2.15 bits per heavy atom. The van der Waals surface area contributed by atoms with Gasteiger partial charge < -0.3 is 13.6 Å². The van der Waals surface area contributed by atoms with Crippen molar-refractivity contribution >= 4 is 42.4 Å². The van der Waals surface area contributed by atoms with E-state index in [2.05, 4.69) is 31.8 Å². The highest BCUT2D eigenvalue weighted by molar-refractivity contribution is 8.07. The summed E-state index contributed by atoms with van der Waals surface area (Å²) in [5.74, 6) is 0. The average molecular weight is 353 g/mol. The van der Waals surface area contributed by atoms with E-state index < -0.39 is 14.8 Å². The van der Waals surface area contributed by atoms with Gasteiger partial charge in [-0.1, -0.05) is 25.7 Å². The molecule has 0 unspecified atom stereocenters. The molecule has 20 heavy (non-hydrogen) atoms. The molecule has 0 radical (unpaired) electrons. The second-order valence-electron chi connectivity index (χ2n) is 5.38. The standard InChI is InChI=1S/C13H25O3PS2Si/c1-6-14-17(18,15-7-2)16-11-10-12-8-9-13(19-12)20(3,4)5/h8-9H,6-7,10-11H2,1-5H3. The molecule has 0 saturated carbocycles. The molecule has 0 aliphatic heterocycles. The quantitative estimate of drug-likeness (QED) is 0.493. The maximum Gasteiger partial charge on any atom is 0.327 e. The molecule has 0 amide bonds. The molecule has 0 saturated heterocycles. The second-order valence-corrected chi connectivity index (χ2v) is 15.0. The van der Waals surface area contributed by atoms with Gasteiger partial charge in [-0.05, 0) is 36.2 Å². The molecule has 0 N–H and O–H groups in total. The van der Waals surface area contributed by atoms with Gasteiger partial charge in [0.1, 0.15) is 0 Å². The van der Waals surface area contributed by atoms with Gasteiger partial charge in [0.05, 0.1) is 27.9 Å². The Hall–Kier alpha value is 0.447. The zero-order valence-corrected chi connectivity index (χ0v) is 16.5. The minimum atomic E-state index is -2.54. The van der Waals surface area contributed by atoms with Crippen molar-refractivity contribution in [2.24, 2.45) is 0 Å². The molecule has 1 aromatic heterocycles. The van der Waals surface area contributed by atoms with E-state index in [1.54, 1.807) is 0 Å². The molecule has 0 aromatic carbocycles. The molecule has 116 valence electrons. The van der Waals surface area contributed by atoms with Crippen molar-refractivity contribution in [3.8, 4) is 0 Å². The van der Waals surface area contributed by atoms with Crippen LogP contribution in [-0.2, 0) is 31.8 Å². The first-order chi connectivity index (χ1) is 9.30. The van der Waals surface area contributed by atoms with Crippen LogP contribution in [0.2, 0.25) is 19.6 Å². The maximum absolute atomic E-state index is 5.71. The Bertz CT molecular complexity index is 447. The van der Waals surface area contributed by atoms with E-state index in [9.17, 15) is 0 Å². The molecular weight excluding hydrogens is 327 g/mol. The number of thiophene rings is 1. The Labute approximate surface area is 132 Å². The summed E-state index contributed by atoms with van der Waals surface area (Å²) in [6, 6.07) is 4.46. The smallest absolute Gasteiger partial charge is 0.309 e. The molecule has 7 heteroatoms. The van der Waals surface area contributed by atoms with Crippen LogP contribution in [0.1, 0.15) is 18.7 Å². The number of rotatable bonds is 9. The monoisotopic (exact) mass is 352 g/mol. The average Bonchev–Trinajstić information content (AvgIpc) is 2.78. The Balaban J connectivity index is 2.51. The van der Waals surface area contributed by atoms with Crippen molar-refractivity contribution in [2.75, 3.05) is 19.8 Å². The largest absolute Gasteiger partial charge is 0.327 e. The van der Waals surface area contributed by atoms with Crippen molar-refractivity contribution < 1.29 is 13.6 Å². The van der Waals surface area contributed by atoms with Crippen LogP contribution < -0.4 is 4.50 Å². The molecule has 0 atom stereocenters. The predicted octanol–water partition coefficient (Wildman–Crippen LogP) is 4.15. The number of hydrogen-bond acceptors (Lipinski definition) is 5. The third-order valence-corrected chi connectivity index (χ3v) is 9.92. The molecular formula is C13H25O3PS2Si. The van der Waals surface area contributed by atoms with E-state index in [0.29, 0.717) is 19.8 Å². The van der Waals surface area contributed by atoms with Gasteiger partial charge >= 0.3 is 6.72 Å². The molecule has 1 aromatic rings. The lowest BCUT2D eigenvalue weighted by Gasteiger charge is -2.20. The summed E-state index contributed by atoms with van der Waals surface area (Å²) in [6.07, 6.45) is 0.869. The highest BCUT2D eigenvalue weighted by Crippen LogP contribution is 2.49. The van der Waals surface area contributed by atoms with E-state index in [1.807, 2.05) is 25.2 Å². The van der Waals surface area contributed by atoms with Crippen LogP contribution in [0.3, 0.4) is 0 Å². The maximum atomic E-state index is 5.71. The van der Waals surface area contributed by atoms with Crippen LogP contribution in [-0.4, -0.2) is 27.9 Å². The van der Waals surface area contributed by atoms with Crippen molar-refractivity contribution in [2.45, 2.75) is 39.9 Å². The van der Waals surface area contributed by atoms with Crippen molar-refractivity contribution in [1.29, 1.82) is 0 Å². The van der Waals surface area contributed by atoms with Gasteiger partial charge in [-0.3, -0.25) is 0 Å². The van der Waals surface area contributed by atoms with Crippen molar-refractivity contribution in [3.05, 3.63) is 17.0 Å². The van der Waals surface area contributed by atoms with E-state index in [0.717, 1.165) is 6.42 Å². The zero-order chi connectivity index (χ0) is 15.2. The van der Waals surface area contributed by atoms with Crippen LogP contribution in [0.15, 0.2) is 12.1 Å². The summed E-state index contributed by atoms with van der Waals surface area (Å²) in [6.45, 7) is 9.97. The third kappa shape index (κ3) is 6.06. The van der Waals surface area contributed by atoms with Crippen LogP contribution in [0, 0.1) is 0 Å². The predicted molar refractivity (Wildman–Crippen MR) is 94.5 cm³/mol. The fourth-order valence-corrected chi connectivity index (χ4v) is 6.57. The molecule has 0 aliphatic rings. The van der Waals surface area contributed by atoms with Crippen LogP contribution in [0.5, 0.6) is 0 Å². The highest BCUT2D eigenvalue weighted by atomic mass is 32.5. The molecule has 0 fully saturated rings. The molecule has 1 rings (SSSR count). The van der Waals surface area contributed by atoms with Crippen LogP contribution >= 0.6 is 18.1 Å². The van der Waals surface area contributed by atoms with Gasteiger partial charge in [-0.15, -0.1) is 0 Å². The first-order valence-electron chi connectivity index (χ1n) is 6.93. The van der Waals surface area contributed by atoms with Gasteiger partial charge in [-0.25, -0.2) is 0 Å². The summed E-state index contributed by atoms with van der Waals surface area (Å²) in [5, 5.41) is 0. The molecule has 1 heterocycles. The number of hydrogen-bond donors (Lipinski definition) is 0. The Kier molecular flexibility index (Phi) is 7.56. The summed E-state index contributed by atoms with van der Waals surface area (Å²) in [4.78, 5) is 1.34. The van der Waals surface area contributed by atoms with Gasteiger partial charge in [0, 0.05) is 11.3 Å². The van der Waals surface area contributed by atoms with Gasteiger partial charge in [0.15, 0.2) is 0 Å². The van der Waals surface area contributed by atoms with E-state index >= 15 is 0 Å². The SMILES string of the molecule is CCOP(=S)(OCC)OCCc1ccc([Si](C)(C)C)s1. The fraction of sp³-hybridized carbons (Fsp3) is 0.692. The Morgan fingerprint density at radius 1 is 1.10 bits per heavy atom. The van der Waals surface area contributed by atoms with Gasteiger partial charge in [-0.2, -0.15) is 11.3 Å². The van der Waals surface area contributed by atoms with E-state index in [1.165, 1.54) is 9.38 Å². The zero-order valence-electron chi connectivity index (χ0n) is 13.0. The second kappa shape index (κ2) is 8.18. The normalized spacial score (nSPS) is 12.8. The molecule has 0 aliphatic carbocycles. The summed E-state index contributed by atoms with van der Waals surface area (Å²) in [7, 11) is -1.20. The van der Waals surface area contributed by atoms with Gasteiger partial charge in [0.2, 0.25) is 0 Å². The lowest BCUT2D eigenvalue weighted by Crippen LogP contribution is -2.34. The molecule has 0 spiro atoms.